The standard InChI is InChI=1S/C38H48N4O6/c1-11-23-20(5)35(45)41-29(23)15-27-19(4)25(14-26(37(47)48)38(8,9)10)31(39-27)17-32-34(18(3)13-33(43)44)22(7)28(40-32)16-30-24(12-2)21(6)36(46)42-30/h15-18,26,39-40H,11-14H2,1-10H3,(H,42,46)(H,43,44)(H,47,48)/b27-15+,30-16+,31-17-/t18-,26+/m0/s1. The average molecular weight is 657 g/mol. The van der Waals surface area contributed by atoms with Crippen LogP contribution in [-0.2, 0) is 25.6 Å². The van der Waals surface area contributed by atoms with Crippen molar-refractivity contribution in [3.63, 3.8) is 0 Å². The van der Waals surface area contributed by atoms with Gasteiger partial charge in [0.15, 0.2) is 0 Å². The number of aromatic amines is 2. The van der Waals surface area contributed by atoms with Crippen LogP contribution in [0.25, 0.3) is 18.2 Å². The molecule has 0 saturated heterocycles. The van der Waals surface area contributed by atoms with Gasteiger partial charge in [0.25, 0.3) is 11.8 Å². The van der Waals surface area contributed by atoms with Crippen LogP contribution in [0, 0.1) is 25.2 Å². The molecule has 0 radical (unpaired) electrons. The van der Waals surface area contributed by atoms with Gasteiger partial charge in [-0.3, -0.25) is 19.2 Å². The van der Waals surface area contributed by atoms with E-state index < -0.39 is 23.3 Å². The number of aliphatic carboxylic acids is 2. The summed E-state index contributed by atoms with van der Waals surface area (Å²) in [6, 6.07) is 0. The molecule has 2 aliphatic rings. The number of hydrogen-bond acceptors (Lipinski definition) is 4. The molecule has 10 heteroatoms. The Morgan fingerprint density at radius 2 is 1.50 bits per heavy atom. The minimum Gasteiger partial charge on any atom is -0.481 e. The van der Waals surface area contributed by atoms with E-state index >= 15 is 0 Å². The zero-order valence-corrected chi connectivity index (χ0v) is 29.7. The number of carboxylic acid groups (broad SMARTS) is 2. The number of nitrogens with zero attached hydrogens (tertiary/aromatic N) is 1. The summed E-state index contributed by atoms with van der Waals surface area (Å²) >= 11 is 0. The minimum atomic E-state index is -0.923. The van der Waals surface area contributed by atoms with Gasteiger partial charge in [-0.15, -0.1) is 0 Å². The molecule has 2 aromatic rings. The third-order valence-corrected chi connectivity index (χ3v) is 9.78. The molecule has 0 aromatic carbocycles. The summed E-state index contributed by atoms with van der Waals surface area (Å²) < 4.78 is 0. The van der Waals surface area contributed by atoms with E-state index in [1.54, 1.807) is 13.8 Å². The molecule has 2 amide bonds. The third kappa shape index (κ3) is 7.07. The molecule has 10 nitrogen and oxygen atoms in total. The Morgan fingerprint density at radius 1 is 0.854 bits per heavy atom. The molecule has 0 unspecified atom stereocenters. The minimum absolute atomic E-state index is 0.0917. The predicted octanol–water partition coefficient (Wildman–Crippen LogP) is 5.34. The zero-order chi connectivity index (χ0) is 35.8. The molecule has 4 heterocycles. The van der Waals surface area contributed by atoms with Gasteiger partial charge in [-0.2, -0.15) is 0 Å². The van der Waals surface area contributed by atoms with Gasteiger partial charge in [-0.25, -0.2) is 4.99 Å². The number of allylic oxidation sites excluding steroid dienone is 2. The third-order valence-electron chi connectivity index (χ3n) is 9.78. The molecule has 2 aliphatic heterocycles. The molecule has 0 aliphatic carbocycles. The first-order valence-corrected chi connectivity index (χ1v) is 16.5. The number of H-pyrrole nitrogens is 2. The van der Waals surface area contributed by atoms with Crippen LogP contribution in [0.3, 0.4) is 0 Å². The van der Waals surface area contributed by atoms with Crippen molar-refractivity contribution in [2.45, 2.75) is 101 Å². The second-order valence-electron chi connectivity index (χ2n) is 14.0. The van der Waals surface area contributed by atoms with Gasteiger partial charge in [-0.05, 0) is 110 Å². The number of hydrogen-bond donors (Lipinski definition) is 5. The van der Waals surface area contributed by atoms with Crippen LogP contribution in [0.15, 0.2) is 33.0 Å². The van der Waals surface area contributed by atoms with E-state index in [4.69, 9.17) is 0 Å². The summed E-state index contributed by atoms with van der Waals surface area (Å²) in [6.07, 6.45) is 7.13. The monoisotopic (exact) mass is 656 g/mol. The maximum atomic E-state index is 12.5. The van der Waals surface area contributed by atoms with Crippen molar-refractivity contribution < 1.29 is 29.4 Å². The number of aromatic nitrogens is 2. The quantitative estimate of drug-likeness (QED) is 0.219. The van der Waals surface area contributed by atoms with E-state index in [1.165, 1.54) is 0 Å². The highest BCUT2D eigenvalue weighted by Gasteiger charge is 2.33. The van der Waals surface area contributed by atoms with E-state index in [2.05, 4.69) is 20.3 Å². The fourth-order valence-corrected chi connectivity index (χ4v) is 6.87. The van der Waals surface area contributed by atoms with E-state index in [-0.39, 0.29) is 30.6 Å². The molecule has 4 rings (SSSR count). The maximum Gasteiger partial charge on any atom is 0.307 e. The summed E-state index contributed by atoms with van der Waals surface area (Å²) in [6.45, 7) is 19.0. The van der Waals surface area contributed by atoms with Crippen LogP contribution in [0.5, 0.6) is 0 Å². The largest absolute Gasteiger partial charge is 0.481 e. The Kier molecular flexibility index (Phi) is 10.4. The maximum absolute atomic E-state index is 12.5. The molecular weight excluding hydrogens is 608 g/mol. The molecular formula is C38H48N4O6. The lowest BCUT2D eigenvalue weighted by molar-refractivity contribution is -0.145. The zero-order valence-electron chi connectivity index (χ0n) is 29.7. The molecule has 5 N–H and O–H groups in total. The highest BCUT2D eigenvalue weighted by Crippen LogP contribution is 2.33. The summed E-state index contributed by atoms with van der Waals surface area (Å²) in [5.41, 5.74) is 8.61. The van der Waals surface area contributed by atoms with E-state index in [0.717, 1.165) is 39.1 Å². The first-order chi connectivity index (χ1) is 22.4. The number of carbonyl (C=O) groups is 4. The Bertz CT molecular complexity index is 1950. The SMILES string of the molecule is CCC1=C(C)C(=O)N=C1/C=c1/[nH]/c(=C\c2[nH]c(/C=C3/NC(=O)C(C)=C3CC)c(C)c2[C@@H](C)CC(=O)O)c(C[C@H](C(=O)O)C(C)(C)C)c1C. The summed E-state index contributed by atoms with van der Waals surface area (Å²) in [4.78, 5) is 60.6. The Labute approximate surface area is 281 Å². The molecule has 0 saturated carbocycles. The van der Waals surface area contributed by atoms with E-state index in [9.17, 15) is 29.4 Å². The van der Waals surface area contributed by atoms with Gasteiger partial charge >= 0.3 is 11.9 Å². The van der Waals surface area contributed by atoms with Crippen LogP contribution < -0.4 is 16.0 Å². The van der Waals surface area contributed by atoms with Gasteiger partial charge in [0.1, 0.15) is 0 Å². The van der Waals surface area contributed by atoms with Crippen molar-refractivity contribution in [3.05, 3.63) is 72.3 Å². The molecule has 0 bridgehead atoms. The van der Waals surface area contributed by atoms with Crippen molar-refractivity contribution in [1.29, 1.82) is 0 Å². The topological polar surface area (TPSA) is 165 Å². The molecule has 2 aromatic heterocycles. The second-order valence-corrected chi connectivity index (χ2v) is 14.0. The molecule has 0 fully saturated rings. The number of carboxylic acids is 2. The summed E-state index contributed by atoms with van der Waals surface area (Å²) in [5.74, 6) is -3.27. The fraction of sp³-hybridized carbons (Fsp3) is 0.447. The lowest BCUT2D eigenvalue weighted by Gasteiger charge is -2.27. The van der Waals surface area contributed by atoms with E-state index in [0.29, 0.717) is 51.8 Å². The van der Waals surface area contributed by atoms with Crippen molar-refractivity contribution in [2.24, 2.45) is 16.3 Å². The first-order valence-electron chi connectivity index (χ1n) is 16.5. The first kappa shape index (κ1) is 36.1. The highest BCUT2D eigenvalue weighted by atomic mass is 16.4. The fourth-order valence-electron chi connectivity index (χ4n) is 6.87. The van der Waals surface area contributed by atoms with Gasteiger partial charge in [-0.1, -0.05) is 41.5 Å². The Morgan fingerprint density at radius 3 is 2.06 bits per heavy atom. The molecule has 256 valence electrons. The van der Waals surface area contributed by atoms with Crippen LogP contribution in [0.2, 0.25) is 0 Å². The number of nitrogens with one attached hydrogen (secondary N) is 3. The molecule has 2 atom stereocenters. The van der Waals surface area contributed by atoms with Gasteiger partial charge in [0, 0.05) is 38.9 Å². The van der Waals surface area contributed by atoms with Crippen LogP contribution in [0.1, 0.15) is 114 Å². The number of carbonyl (C=O) groups excluding carboxylic acids is 2. The molecule has 48 heavy (non-hydrogen) atoms. The Balaban J connectivity index is 2.02. The van der Waals surface area contributed by atoms with Crippen LogP contribution in [-0.4, -0.2) is 49.6 Å². The van der Waals surface area contributed by atoms with Crippen LogP contribution >= 0.6 is 0 Å². The number of rotatable bonds is 11. The smallest absolute Gasteiger partial charge is 0.307 e. The number of aliphatic imine (C=N–C) groups is 1. The lowest BCUT2D eigenvalue weighted by atomic mass is 9.77. The van der Waals surface area contributed by atoms with Gasteiger partial charge in [0.2, 0.25) is 0 Å². The second kappa shape index (κ2) is 13.8. The molecule has 0 spiro atoms. The average Bonchev–Trinajstić information content (AvgIpc) is 3.63. The number of amides is 2. The van der Waals surface area contributed by atoms with Crippen molar-refractivity contribution in [3.8, 4) is 0 Å². The normalized spacial score (nSPS) is 18.4. The summed E-state index contributed by atoms with van der Waals surface area (Å²) in [7, 11) is 0. The summed E-state index contributed by atoms with van der Waals surface area (Å²) in [5, 5.41) is 24.3. The predicted molar refractivity (Wildman–Crippen MR) is 188 cm³/mol. The lowest BCUT2D eigenvalue weighted by Crippen LogP contribution is -2.32. The van der Waals surface area contributed by atoms with Gasteiger partial charge in [0.05, 0.1) is 18.1 Å². The van der Waals surface area contributed by atoms with Gasteiger partial charge < -0.3 is 25.5 Å². The van der Waals surface area contributed by atoms with Crippen molar-refractivity contribution >= 4 is 47.7 Å². The highest BCUT2D eigenvalue weighted by molar-refractivity contribution is 6.30. The Hall–Kier alpha value is -4.73. The van der Waals surface area contributed by atoms with Crippen molar-refractivity contribution in [2.75, 3.05) is 0 Å². The van der Waals surface area contributed by atoms with Crippen LogP contribution in [0.4, 0.5) is 0 Å². The van der Waals surface area contributed by atoms with E-state index in [1.807, 2.05) is 73.6 Å². The van der Waals surface area contributed by atoms with Crippen molar-refractivity contribution in [1.82, 2.24) is 15.3 Å².